The maximum atomic E-state index is 11.2. The van der Waals surface area contributed by atoms with Gasteiger partial charge in [-0.2, -0.15) is 0 Å². The third-order valence-electron chi connectivity index (χ3n) is 4.73. The van der Waals surface area contributed by atoms with Crippen LogP contribution in [0.3, 0.4) is 0 Å². The summed E-state index contributed by atoms with van der Waals surface area (Å²) in [5, 5.41) is 27.4. The Balaban J connectivity index is 2.96. The van der Waals surface area contributed by atoms with Crippen molar-refractivity contribution in [3.63, 3.8) is 0 Å². The Morgan fingerprint density at radius 1 is 0.633 bits per heavy atom. The molecule has 0 radical (unpaired) electrons. The van der Waals surface area contributed by atoms with Gasteiger partial charge < -0.3 is 15.3 Å². The SMILES string of the molecule is NC[P+](O)(O)CN1CCN(CC(=O)O)CCN(CC(=O)O)CCN(CC(=O)O)CC1. The van der Waals surface area contributed by atoms with Crippen LogP contribution in [0.4, 0.5) is 0 Å². The number of hydrogen-bond acceptors (Lipinski definition) is 10. The second-order valence-corrected chi connectivity index (χ2v) is 9.74. The van der Waals surface area contributed by atoms with Gasteiger partial charge in [-0.25, -0.2) is 9.79 Å². The highest BCUT2D eigenvalue weighted by atomic mass is 31.2. The average molecular weight is 454 g/mol. The summed E-state index contributed by atoms with van der Waals surface area (Å²) in [5.74, 6) is -3.05. The minimum atomic E-state index is -3.33. The van der Waals surface area contributed by atoms with Crippen LogP contribution >= 0.6 is 7.72 Å². The van der Waals surface area contributed by atoms with Gasteiger partial charge in [0.2, 0.25) is 0 Å². The summed E-state index contributed by atoms with van der Waals surface area (Å²) in [6.07, 6.45) is -0.332. The number of carboxylic acids is 3. The molecule has 0 saturated carbocycles. The zero-order chi connectivity index (χ0) is 22.7. The lowest BCUT2D eigenvalue weighted by molar-refractivity contribution is -0.140. The molecule has 1 rings (SSSR count). The molecule has 0 aromatic rings. The first-order chi connectivity index (χ1) is 14.0. The van der Waals surface area contributed by atoms with Gasteiger partial charge >= 0.3 is 17.9 Å². The van der Waals surface area contributed by atoms with Gasteiger partial charge in [0.1, 0.15) is 0 Å². The summed E-state index contributed by atoms with van der Waals surface area (Å²) < 4.78 is 0. The summed E-state index contributed by atoms with van der Waals surface area (Å²) in [6, 6.07) is 0. The van der Waals surface area contributed by atoms with E-state index in [9.17, 15) is 24.2 Å². The van der Waals surface area contributed by atoms with Crippen LogP contribution in [0, 0.1) is 0 Å². The minimum absolute atomic E-state index is 0.0591. The van der Waals surface area contributed by atoms with Crippen LogP contribution in [0.25, 0.3) is 0 Å². The Bertz CT molecular complexity index is 550. The van der Waals surface area contributed by atoms with E-state index in [1.54, 1.807) is 19.6 Å². The van der Waals surface area contributed by atoms with Crippen molar-refractivity contribution in [2.45, 2.75) is 0 Å². The first kappa shape index (κ1) is 26.6. The molecule has 7 N–H and O–H groups in total. The molecule has 13 nitrogen and oxygen atoms in total. The molecular weight excluding hydrogens is 421 g/mol. The predicted octanol–water partition coefficient (Wildman–Crippen LogP) is -2.83. The Morgan fingerprint density at radius 2 is 0.900 bits per heavy atom. The molecule has 14 heteroatoms. The molecule has 0 unspecified atom stereocenters. The van der Waals surface area contributed by atoms with Crippen molar-refractivity contribution >= 4 is 25.6 Å². The van der Waals surface area contributed by atoms with Crippen LogP contribution in [0.1, 0.15) is 0 Å². The lowest BCUT2D eigenvalue weighted by atomic mass is 10.3. The standard InChI is InChI=1S/C16H32N5O8P/c17-12-30(28,29)13-21-7-5-19(10-15(24)25)3-1-18(9-14(22)23)2-4-20(6-8-21)11-16(26)27/h28-29H,1-13,17H2,(H2-,22,23,24,25,26,27)/p+1. The van der Waals surface area contributed by atoms with Crippen LogP contribution in [-0.2, 0) is 14.4 Å². The first-order valence-corrected chi connectivity index (χ1v) is 11.6. The van der Waals surface area contributed by atoms with Gasteiger partial charge in [-0.1, -0.05) is 0 Å². The number of rotatable bonds is 9. The molecule has 1 fully saturated rings. The van der Waals surface area contributed by atoms with Gasteiger partial charge in [0.25, 0.3) is 7.72 Å². The molecule has 0 amide bonds. The topological polar surface area (TPSA) is 191 Å². The highest BCUT2D eigenvalue weighted by molar-refractivity contribution is 7.64. The van der Waals surface area contributed by atoms with Crippen molar-refractivity contribution < 1.29 is 39.5 Å². The predicted molar refractivity (Wildman–Crippen MR) is 109 cm³/mol. The smallest absolute Gasteiger partial charge is 0.317 e. The van der Waals surface area contributed by atoms with Crippen LogP contribution < -0.4 is 5.73 Å². The molecule has 0 aromatic carbocycles. The molecule has 1 heterocycles. The van der Waals surface area contributed by atoms with Crippen LogP contribution in [-0.4, -0.2) is 147 Å². The fraction of sp³-hybridized carbons (Fsp3) is 0.812. The van der Waals surface area contributed by atoms with Gasteiger partial charge in [-0.3, -0.25) is 39.7 Å². The number of nitrogens with zero attached hydrogens (tertiary/aromatic N) is 4. The Kier molecular flexibility index (Phi) is 11.6. The van der Waals surface area contributed by atoms with Crippen LogP contribution in [0.2, 0.25) is 0 Å². The summed E-state index contributed by atoms with van der Waals surface area (Å²) in [5.41, 5.74) is 5.43. The number of hydrogen-bond donors (Lipinski definition) is 6. The van der Waals surface area contributed by atoms with Crippen molar-refractivity contribution in [3.8, 4) is 0 Å². The zero-order valence-corrected chi connectivity index (χ0v) is 17.9. The van der Waals surface area contributed by atoms with Gasteiger partial charge in [0.05, 0.1) is 19.6 Å². The van der Waals surface area contributed by atoms with E-state index in [2.05, 4.69) is 0 Å². The van der Waals surface area contributed by atoms with E-state index in [-0.39, 0.29) is 32.2 Å². The van der Waals surface area contributed by atoms with Crippen molar-refractivity contribution in [2.75, 3.05) is 84.6 Å². The molecule has 0 bridgehead atoms. The van der Waals surface area contributed by atoms with Crippen LogP contribution in [0.15, 0.2) is 0 Å². The van der Waals surface area contributed by atoms with E-state index < -0.39 is 25.6 Å². The maximum absolute atomic E-state index is 11.2. The summed E-state index contributed by atoms with van der Waals surface area (Å²) in [4.78, 5) is 60.3. The van der Waals surface area contributed by atoms with Gasteiger partial charge in [0.15, 0.2) is 12.6 Å². The monoisotopic (exact) mass is 454 g/mol. The summed E-state index contributed by atoms with van der Waals surface area (Å²) in [6.45, 7) is 1.83. The average Bonchev–Trinajstić information content (AvgIpc) is 2.62. The molecule has 1 aliphatic heterocycles. The second-order valence-electron chi connectivity index (χ2n) is 7.33. The molecule has 30 heavy (non-hydrogen) atoms. The van der Waals surface area contributed by atoms with Gasteiger partial charge in [-0.05, 0) is 0 Å². The van der Waals surface area contributed by atoms with E-state index in [4.69, 9.17) is 21.1 Å². The lowest BCUT2D eigenvalue weighted by Gasteiger charge is -2.33. The third-order valence-corrected chi connectivity index (χ3v) is 6.16. The largest absolute Gasteiger partial charge is 0.480 e. The van der Waals surface area contributed by atoms with E-state index in [0.29, 0.717) is 52.4 Å². The number of aliphatic carboxylic acids is 3. The maximum Gasteiger partial charge on any atom is 0.317 e. The molecule has 0 spiro atoms. The molecule has 0 aromatic heterocycles. The number of carboxylic acid groups (broad SMARTS) is 3. The molecule has 0 aliphatic carbocycles. The summed E-state index contributed by atoms with van der Waals surface area (Å²) in [7, 11) is -3.33. The number of carbonyl (C=O) groups is 3. The zero-order valence-electron chi connectivity index (χ0n) is 17.0. The Morgan fingerprint density at radius 3 is 1.13 bits per heavy atom. The van der Waals surface area contributed by atoms with Gasteiger partial charge in [-0.15, -0.1) is 0 Å². The van der Waals surface area contributed by atoms with Crippen molar-refractivity contribution in [2.24, 2.45) is 5.73 Å². The number of nitrogens with two attached hydrogens (primary N) is 1. The van der Waals surface area contributed by atoms with Crippen molar-refractivity contribution in [1.29, 1.82) is 0 Å². The first-order valence-electron chi connectivity index (χ1n) is 9.58. The fourth-order valence-corrected chi connectivity index (χ4v) is 4.19. The van der Waals surface area contributed by atoms with E-state index >= 15 is 0 Å². The molecule has 1 aliphatic rings. The minimum Gasteiger partial charge on any atom is -0.480 e. The van der Waals surface area contributed by atoms with E-state index in [1.165, 1.54) is 0 Å². The van der Waals surface area contributed by atoms with Crippen LogP contribution in [0.5, 0.6) is 0 Å². The highest BCUT2D eigenvalue weighted by Gasteiger charge is 2.34. The molecule has 1 saturated heterocycles. The molecular formula is C16H33N5O8P+. The molecule has 0 atom stereocenters. The second kappa shape index (κ2) is 13.1. The fourth-order valence-electron chi connectivity index (χ4n) is 3.15. The highest BCUT2D eigenvalue weighted by Crippen LogP contribution is 2.47. The van der Waals surface area contributed by atoms with Crippen molar-refractivity contribution in [3.05, 3.63) is 0 Å². The quantitative estimate of drug-likeness (QED) is 0.196. The lowest BCUT2D eigenvalue weighted by Crippen LogP contribution is -2.48. The van der Waals surface area contributed by atoms with Crippen molar-refractivity contribution in [1.82, 2.24) is 19.6 Å². The molecule has 174 valence electrons. The Hall–Kier alpha value is -1.44. The third kappa shape index (κ3) is 11.7. The van der Waals surface area contributed by atoms with E-state index in [0.717, 1.165) is 0 Å². The normalized spacial score (nSPS) is 19.7. The van der Waals surface area contributed by atoms with E-state index in [1.807, 2.05) is 0 Å². The Labute approximate surface area is 175 Å². The summed E-state index contributed by atoms with van der Waals surface area (Å²) >= 11 is 0. The van der Waals surface area contributed by atoms with Gasteiger partial charge in [0, 0.05) is 52.4 Å².